The number of sulfonamides is 1. The Morgan fingerprint density at radius 1 is 1.08 bits per heavy atom. The lowest BCUT2D eigenvalue weighted by Crippen LogP contribution is -2.51. The van der Waals surface area contributed by atoms with Gasteiger partial charge in [0.2, 0.25) is 10.0 Å². The van der Waals surface area contributed by atoms with E-state index in [0.717, 1.165) is 60.3 Å². The topological polar surface area (TPSA) is 131 Å². The van der Waals surface area contributed by atoms with Gasteiger partial charge in [-0.05, 0) is 62.9 Å². The SMILES string of the molecule is Cc1nc(NC2CCN(Cc3ccc4c(cc(C#N)n4C[C@H](C)N4CCN(S(C)(=O)=O)CC4)c3C)CC2)c2cc(C(O)C(F)(F)F)sc2n1. The number of aliphatic hydroxyl groups excluding tert-OH is 1. The first-order valence-corrected chi connectivity index (χ1v) is 19.0. The highest BCUT2D eigenvalue weighted by atomic mass is 32.2. The number of hydrogen-bond donors (Lipinski definition) is 2. The van der Waals surface area contributed by atoms with E-state index in [0.29, 0.717) is 60.3 Å². The fourth-order valence-electron chi connectivity index (χ4n) is 6.96. The molecule has 1 aromatic carbocycles. The number of piperidine rings is 1. The minimum atomic E-state index is -4.76. The van der Waals surface area contributed by atoms with E-state index >= 15 is 0 Å². The second-order valence-corrected chi connectivity index (χ2v) is 16.3. The Bertz CT molecular complexity index is 1990. The van der Waals surface area contributed by atoms with Crippen LogP contribution in [-0.2, 0) is 23.1 Å². The summed E-state index contributed by atoms with van der Waals surface area (Å²) >= 11 is 0.829. The van der Waals surface area contributed by atoms with Crippen LogP contribution < -0.4 is 5.32 Å². The fraction of sp³-hybridized carbons (Fsp3) is 0.545. The molecule has 2 atom stereocenters. The number of nitrogens with one attached hydrogen (secondary N) is 1. The molecule has 2 N–H and O–H groups in total. The first kappa shape index (κ1) is 35.5. The number of benzene rings is 1. The second kappa shape index (κ2) is 13.8. The molecule has 0 radical (unpaired) electrons. The maximum Gasteiger partial charge on any atom is 0.419 e. The van der Waals surface area contributed by atoms with Crippen molar-refractivity contribution in [3.8, 4) is 6.07 Å². The Kier molecular flexibility index (Phi) is 9.97. The van der Waals surface area contributed by atoms with Crippen molar-refractivity contribution in [3.63, 3.8) is 0 Å². The zero-order chi connectivity index (χ0) is 35.2. The zero-order valence-electron chi connectivity index (χ0n) is 28.0. The Balaban J connectivity index is 1.10. The van der Waals surface area contributed by atoms with Crippen LogP contribution in [0.1, 0.15) is 53.4 Å². The number of rotatable bonds is 9. The molecule has 2 fully saturated rings. The molecule has 5 heterocycles. The molecule has 0 saturated carbocycles. The van der Waals surface area contributed by atoms with Crippen molar-refractivity contribution in [2.75, 3.05) is 50.8 Å². The van der Waals surface area contributed by atoms with Crippen molar-refractivity contribution in [1.29, 1.82) is 5.26 Å². The van der Waals surface area contributed by atoms with Gasteiger partial charge in [-0.25, -0.2) is 18.4 Å². The lowest BCUT2D eigenvalue weighted by atomic mass is 10.0. The number of nitriles is 1. The molecule has 16 heteroatoms. The summed E-state index contributed by atoms with van der Waals surface area (Å²) in [7, 11) is -3.20. The fourth-order valence-corrected chi connectivity index (χ4v) is 8.88. The lowest BCUT2D eigenvalue weighted by molar-refractivity contribution is -0.205. The van der Waals surface area contributed by atoms with Gasteiger partial charge in [0.05, 0.1) is 11.6 Å². The van der Waals surface area contributed by atoms with Crippen LogP contribution >= 0.6 is 11.3 Å². The van der Waals surface area contributed by atoms with Gasteiger partial charge in [0.15, 0.2) is 6.10 Å². The highest BCUT2D eigenvalue weighted by Crippen LogP contribution is 2.40. The van der Waals surface area contributed by atoms with E-state index in [1.165, 1.54) is 22.2 Å². The summed E-state index contributed by atoms with van der Waals surface area (Å²) in [5, 5.41) is 24.8. The molecular weight excluding hydrogens is 678 g/mol. The molecule has 2 aliphatic heterocycles. The van der Waals surface area contributed by atoms with Gasteiger partial charge in [0, 0.05) is 80.2 Å². The largest absolute Gasteiger partial charge is 0.419 e. The molecule has 0 amide bonds. The molecule has 0 aliphatic carbocycles. The van der Waals surface area contributed by atoms with Crippen LogP contribution in [0.25, 0.3) is 21.1 Å². The Morgan fingerprint density at radius 3 is 2.41 bits per heavy atom. The van der Waals surface area contributed by atoms with Crippen LogP contribution in [0.15, 0.2) is 24.3 Å². The summed E-state index contributed by atoms with van der Waals surface area (Å²) in [4.78, 5) is 13.7. The normalized spacial score (nSPS) is 19.0. The van der Waals surface area contributed by atoms with Gasteiger partial charge in [-0.3, -0.25) is 9.80 Å². The number of aliphatic hydroxyl groups is 1. The zero-order valence-corrected chi connectivity index (χ0v) is 29.6. The van der Waals surface area contributed by atoms with Gasteiger partial charge >= 0.3 is 6.18 Å². The number of thiophene rings is 1. The number of fused-ring (bicyclic) bond motifs is 2. The number of aryl methyl sites for hydroxylation is 2. The van der Waals surface area contributed by atoms with Crippen molar-refractivity contribution in [2.45, 2.75) is 71.1 Å². The third-order valence-corrected chi connectivity index (χ3v) is 12.2. The molecule has 2 saturated heterocycles. The third-order valence-electron chi connectivity index (χ3n) is 9.82. The Morgan fingerprint density at radius 2 is 1.78 bits per heavy atom. The van der Waals surface area contributed by atoms with Gasteiger partial charge in [0.1, 0.15) is 28.2 Å². The number of likely N-dealkylation sites (tertiary alicyclic amines) is 1. The smallest absolute Gasteiger partial charge is 0.379 e. The number of hydrogen-bond acceptors (Lipinski definition) is 10. The predicted octanol–water partition coefficient (Wildman–Crippen LogP) is 4.77. The molecule has 0 bridgehead atoms. The summed E-state index contributed by atoms with van der Waals surface area (Å²) in [5.41, 5.74) is 3.93. The summed E-state index contributed by atoms with van der Waals surface area (Å²) in [6.45, 7) is 11.2. The molecule has 264 valence electrons. The van der Waals surface area contributed by atoms with E-state index < -0.39 is 22.3 Å². The minimum absolute atomic E-state index is 0.0803. The molecular formula is C33H41F3N8O3S2. The summed E-state index contributed by atoms with van der Waals surface area (Å²) in [6, 6.07) is 10.1. The summed E-state index contributed by atoms with van der Waals surface area (Å²) < 4.78 is 66.9. The predicted molar refractivity (Wildman–Crippen MR) is 184 cm³/mol. The highest BCUT2D eigenvalue weighted by molar-refractivity contribution is 7.88. The summed E-state index contributed by atoms with van der Waals surface area (Å²) in [6.07, 6.45) is -4.43. The average Bonchev–Trinajstić information content (AvgIpc) is 3.64. The molecule has 4 aromatic rings. The number of nitrogens with zero attached hydrogens (tertiary/aromatic N) is 7. The molecule has 0 spiro atoms. The van der Waals surface area contributed by atoms with E-state index in [2.05, 4.69) is 61.7 Å². The van der Waals surface area contributed by atoms with Crippen molar-refractivity contribution in [2.24, 2.45) is 0 Å². The van der Waals surface area contributed by atoms with Crippen LogP contribution in [0, 0.1) is 25.2 Å². The van der Waals surface area contributed by atoms with E-state index in [4.69, 9.17) is 0 Å². The Labute approximate surface area is 288 Å². The van der Waals surface area contributed by atoms with Crippen LogP contribution in [0.3, 0.4) is 0 Å². The maximum atomic E-state index is 13.2. The van der Waals surface area contributed by atoms with Gasteiger partial charge in [0.25, 0.3) is 0 Å². The first-order chi connectivity index (χ1) is 23.1. The molecule has 1 unspecified atom stereocenters. The first-order valence-electron chi connectivity index (χ1n) is 16.3. The monoisotopic (exact) mass is 718 g/mol. The summed E-state index contributed by atoms with van der Waals surface area (Å²) in [5.74, 6) is 0.936. The van der Waals surface area contributed by atoms with E-state index in [9.17, 15) is 32.0 Å². The van der Waals surface area contributed by atoms with Gasteiger partial charge in [-0.2, -0.15) is 22.7 Å². The van der Waals surface area contributed by atoms with E-state index in [1.807, 2.05) is 6.07 Å². The maximum absolute atomic E-state index is 13.2. The van der Waals surface area contributed by atoms with Crippen molar-refractivity contribution in [3.05, 3.63) is 51.8 Å². The lowest BCUT2D eigenvalue weighted by Gasteiger charge is -2.37. The Hall–Kier alpha value is -3.33. The van der Waals surface area contributed by atoms with Crippen LogP contribution in [-0.4, -0.2) is 106 Å². The van der Waals surface area contributed by atoms with Crippen molar-refractivity contribution < 1.29 is 26.7 Å². The van der Waals surface area contributed by atoms with Crippen molar-refractivity contribution in [1.82, 2.24) is 28.6 Å². The van der Waals surface area contributed by atoms with Gasteiger partial charge in [-0.1, -0.05) is 6.07 Å². The quantitative estimate of drug-likeness (QED) is 0.251. The van der Waals surface area contributed by atoms with Crippen LogP contribution in [0.4, 0.5) is 19.0 Å². The number of anilines is 1. The number of alkyl halides is 3. The number of aromatic nitrogens is 3. The average molecular weight is 719 g/mol. The van der Waals surface area contributed by atoms with Gasteiger partial charge in [-0.15, -0.1) is 11.3 Å². The van der Waals surface area contributed by atoms with E-state index in [1.54, 1.807) is 6.92 Å². The minimum Gasteiger partial charge on any atom is -0.379 e. The molecule has 2 aliphatic rings. The number of halogens is 3. The molecule has 6 rings (SSSR count). The van der Waals surface area contributed by atoms with Crippen molar-refractivity contribution >= 4 is 48.3 Å². The molecule has 49 heavy (non-hydrogen) atoms. The number of piperazine rings is 1. The van der Waals surface area contributed by atoms with Crippen LogP contribution in [0.5, 0.6) is 0 Å². The standard InChI is InChI=1S/C33H41F3N8O3S2/c1-20(42-11-13-43(14-12-42)49(4,46)47)18-44-25(17-37)15-26-21(2)23(5-6-28(26)44)19-41-9-7-24(8-10-41)40-31-27-16-29(30(45)33(34,35)36)48-32(27)39-22(3)38-31/h5-6,15-16,20,24,30,45H,7-14,18-19H2,1-4H3,(H,38,39,40)/t20-,30?/m0/s1. The van der Waals surface area contributed by atoms with Crippen LogP contribution in [0.2, 0.25) is 0 Å². The second-order valence-electron chi connectivity index (χ2n) is 13.2. The third kappa shape index (κ3) is 7.57. The highest BCUT2D eigenvalue weighted by Gasteiger charge is 2.40. The molecule has 3 aromatic heterocycles. The van der Waals surface area contributed by atoms with Gasteiger partial charge < -0.3 is 15.0 Å². The molecule has 11 nitrogen and oxygen atoms in total. The van der Waals surface area contributed by atoms with E-state index in [-0.39, 0.29) is 17.0 Å².